The summed E-state index contributed by atoms with van der Waals surface area (Å²) in [5.41, 5.74) is 1.87. The fourth-order valence-electron chi connectivity index (χ4n) is 2.46. The summed E-state index contributed by atoms with van der Waals surface area (Å²) in [7, 11) is 1.62. The van der Waals surface area contributed by atoms with Crippen LogP contribution in [-0.4, -0.2) is 30.5 Å². The number of carbonyl (C=O) groups is 1. The zero-order valence-electron chi connectivity index (χ0n) is 16.8. The molecule has 1 unspecified atom stereocenters. The van der Waals surface area contributed by atoms with Gasteiger partial charge in [0.25, 0.3) is 0 Å². The molecule has 0 heterocycles. The number of nitrogens with one attached hydrogen (secondary N) is 1. The second-order valence-electron chi connectivity index (χ2n) is 7.34. The number of alkyl carbamates (subject to hydrolysis) is 1. The SMILES string of the molecule is COc1cccc(C#Cc2cccc(C(O)CCNC(=O)OC(C)(C)C)c2)c1. The summed E-state index contributed by atoms with van der Waals surface area (Å²) in [5, 5.41) is 13.0. The summed E-state index contributed by atoms with van der Waals surface area (Å²) in [6.45, 7) is 5.73. The highest BCUT2D eigenvalue weighted by Crippen LogP contribution is 2.18. The van der Waals surface area contributed by atoms with E-state index in [4.69, 9.17) is 9.47 Å². The molecule has 1 atom stereocenters. The minimum Gasteiger partial charge on any atom is -0.497 e. The first-order chi connectivity index (χ1) is 13.3. The number of amides is 1. The van der Waals surface area contributed by atoms with E-state index in [0.717, 1.165) is 22.4 Å². The molecule has 0 bridgehead atoms. The third kappa shape index (κ3) is 7.34. The van der Waals surface area contributed by atoms with Crippen molar-refractivity contribution >= 4 is 6.09 Å². The Kier molecular flexibility index (Phi) is 7.48. The molecular weight excluding hydrogens is 354 g/mol. The molecule has 0 fully saturated rings. The van der Waals surface area contributed by atoms with Crippen LogP contribution in [0, 0.1) is 11.8 Å². The number of rotatable bonds is 5. The van der Waals surface area contributed by atoms with Gasteiger partial charge in [0.1, 0.15) is 11.4 Å². The van der Waals surface area contributed by atoms with Gasteiger partial charge in [-0.05, 0) is 63.1 Å². The van der Waals surface area contributed by atoms with E-state index in [2.05, 4.69) is 17.2 Å². The van der Waals surface area contributed by atoms with Crippen LogP contribution in [0.15, 0.2) is 48.5 Å². The van der Waals surface area contributed by atoms with Crippen LogP contribution in [0.1, 0.15) is 50.0 Å². The van der Waals surface area contributed by atoms with Crippen LogP contribution in [0.2, 0.25) is 0 Å². The van der Waals surface area contributed by atoms with Crippen LogP contribution >= 0.6 is 0 Å². The minimum absolute atomic E-state index is 0.315. The van der Waals surface area contributed by atoms with Crippen LogP contribution in [0.3, 0.4) is 0 Å². The van der Waals surface area contributed by atoms with Gasteiger partial charge in [0, 0.05) is 17.7 Å². The maximum atomic E-state index is 11.7. The number of ether oxygens (including phenoxy) is 2. The van der Waals surface area contributed by atoms with Gasteiger partial charge >= 0.3 is 6.09 Å². The van der Waals surface area contributed by atoms with Crippen molar-refractivity contribution in [2.45, 2.75) is 38.9 Å². The van der Waals surface area contributed by atoms with Gasteiger partial charge in [0.15, 0.2) is 0 Å². The van der Waals surface area contributed by atoms with Crippen LogP contribution in [0.25, 0.3) is 0 Å². The zero-order chi connectivity index (χ0) is 20.6. The summed E-state index contributed by atoms with van der Waals surface area (Å²) in [6, 6.07) is 15.0. The van der Waals surface area contributed by atoms with Gasteiger partial charge in [0.2, 0.25) is 0 Å². The predicted octanol–water partition coefficient (Wildman–Crippen LogP) is 4.04. The van der Waals surface area contributed by atoms with E-state index in [1.165, 1.54) is 0 Å². The molecular formula is C23H27NO4. The van der Waals surface area contributed by atoms with Gasteiger partial charge in [-0.2, -0.15) is 0 Å². The quantitative estimate of drug-likeness (QED) is 0.767. The van der Waals surface area contributed by atoms with Crippen molar-refractivity contribution in [1.29, 1.82) is 0 Å². The Hall–Kier alpha value is -2.97. The second-order valence-corrected chi connectivity index (χ2v) is 7.34. The van der Waals surface area contributed by atoms with Gasteiger partial charge in [0.05, 0.1) is 13.2 Å². The summed E-state index contributed by atoms with van der Waals surface area (Å²) in [5.74, 6) is 6.96. The molecule has 28 heavy (non-hydrogen) atoms. The van der Waals surface area contributed by atoms with Gasteiger partial charge in [-0.25, -0.2) is 4.79 Å². The molecule has 0 aromatic heterocycles. The largest absolute Gasteiger partial charge is 0.497 e. The van der Waals surface area contributed by atoms with Gasteiger partial charge in [-0.15, -0.1) is 0 Å². The second kappa shape index (κ2) is 9.82. The lowest BCUT2D eigenvalue weighted by atomic mass is 10.0. The Morgan fingerprint density at radius 2 is 1.75 bits per heavy atom. The van der Waals surface area contributed by atoms with Crippen LogP contribution < -0.4 is 10.1 Å². The highest BCUT2D eigenvalue weighted by Gasteiger charge is 2.16. The maximum absolute atomic E-state index is 11.7. The van der Waals surface area contributed by atoms with Crippen molar-refractivity contribution in [1.82, 2.24) is 5.32 Å². The van der Waals surface area contributed by atoms with E-state index in [1.807, 2.05) is 48.5 Å². The van der Waals surface area contributed by atoms with Crippen LogP contribution in [-0.2, 0) is 4.74 Å². The molecule has 0 saturated heterocycles. The zero-order valence-corrected chi connectivity index (χ0v) is 16.8. The fraction of sp³-hybridized carbons (Fsp3) is 0.348. The van der Waals surface area contributed by atoms with Gasteiger partial charge in [-0.1, -0.05) is 30.0 Å². The van der Waals surface area contributed by atoms with E-state index in [-0.39, 0.29) is 0 Å². The Bertz CT molecular complexity index is 859. The van der Waals surface area contributed by atoms with Gasteiger partial charge < -0.3 is 19.9 Å². The lowest BCUT2D eigenvalue weighted by Crippen LogP contribution is -2.33. The average Bonchev–Trinajstić information content (AvgIpc) is 2.65. The molecule has 2 rings (SSSR count). The van der Waals surface area contributed by atoms with E-state index in [1.54, 1.807) is 27.9 Å². The molecule has 5 nitrogen and oxygen atoms in total. The van der Waals surface area contributed by atoms with Gasteiger partial charge in [-0.3, -0.25) is 0 Å². The minimum atomic E-state index is -0.700. The van der Waals surface area contributed by atoms with E-state index in [0.29, 0.717) is 13.0 Å². The predicted molar refractivity (Wildman–Crippen MR) is 109 cm³/mol. The third-order valence-electron chi connectivity index (χ3n) is 3.78. The molecule has 5 heteroatoms. The summed E-state index contributed by atoms with van der Waals surface area (Å²) in [6.07, 6.45) is -0.808. The van der Waals surface area contributed by atoms with Crippen molar-refractivity contribution in [2.24, 2.45) is 0 Å². The standard InChI is InChI=1S/C23H27NO4/c1-23(2,3)28-22(26)24-14-13-21(25)19-9-5-7-17(15-19)11-12-18-8-6-10-20(16-18)27-4/h5-10,15-16,21,25H,13-14H2,1-4H3,(H,24,26). The lowest BCUT2D eigenvalue weighted by Gasteiger charge is -2.20. The number of aliphatic hydroxyl groups is 1. The van der Waals surface area contributed by atoms with Crippen LogP contribution in [0.4, 0.5) is 4.79 Å². The highest BCUT2D eigenvalue weighted by atomic mass is 16.6. The molecule has 0 radical (unpaired) electrons. The molecule has 2 aromatic carbocycles. The number of aliphatic hydroxyl groups excluding tert-OH is 1. The average molecular weight is 381 g/mol. The number of hydrogen-bond acceptors (Lipinski definition) is 4. The molecule has 148 valence electrons. The number of carbonyl (C=O) groups excluding carboxylic acids is 1. The van der Waals surface area contributed by atoms with E-state index < -0.39 is 17.8 Å². The molecule has 0 saturated carbocycles. The first kappa shape index (κ1) is 21.3. The Labute approximate surface area is 166 Å². The van der Waals surface area contributed by atoms with E-state index in [9.17, 15) is 9.90 Å². The highest BCUT2D eigenvalue weighted by molar-refractivity contribution is 5.67. The molecule has 2 N–H and O–H groups in total. The van der Waals surface area contributed by atoms with Crippen molar-refractivity contribution in [3.8, 4) is 17.6 Å². The number of hydrogen-bond donors (Lipinski definition) is 2. The Morgan fingerprint density at radius 1 is 1.11 bits per heavy atom. The molecule has 0 spiro atoms. The maximum Gasteiger partial charge on any atom is 0.407 e. The summed E-state index contributed by atoms with van der Waals surface area (Å²) in [4.78, 5) is 11.7. The molecule has 2 aromatic rings. The smallest absolute Gasteiger partial charge is 0.407 e. The third-order valence-corrected chi connectivity index (χ3v) is 3.78. The summed E-state index contributed by atoms with van der Waals surface area (Å²) < 4.78 is 10.4. The molecule has 0 aliphatic carbocycles. The Balaban J connectivity index is 1.95. The summed E-state index contributed by atoms with van der Waals surface area (Å²) >= 11 is 0. The fourth-order valence-corrected chi connectivity index (χ4v) is 2.46. The molecule has 1 amide bonds. The topological polar surface area (TPSA) is 67.8 Å². The van der Waals surface area contributed by atoms with Crippen molar-refractivity contribution in [3.05, 3.63) is 65.2 Å². The first-order valence-electron chi connectivity index (χ1n) is 9.18. The molecule has 0 aliphatic rings. The molecule has 0 aliphatic heterocycles. The monoisotopic (exact) mass is 381 g/mol. The van der Waals surface area contributed by atoms with Crippen molar-refractivity contribution < 1.29 is 19.4 Å². The van der Waals surface area contributed by atoms with Crippen molar-refractivity contribution in [2.75, 3.05) is 13.7 Å². The van der Waals surface area contributed by atoms with Crippen molar-refractivity contribution in [3.63, 3.8) is 0 Å². The lowest BCUT2D eigenvalue weighted by molar-refractivity contribution is 0.0518. The Morgan fingerprint density at radius 3 is 2.39 bits per heavy atom. The number of methoxy groups -OCH3 is 1. The van der Waals surface area contributed by atoms with Crippen LogP contribution in [0.5, 0.6) is 5.75 Å². The van der Waals surface area contributed by atoms with E-state index >= 15 is 0 Å². The number of benzene rings is 2. The first-order valence-corrected chi connectivity index (χ1v) is 9.18. The normalized spacial score (nSPS) is 11.8.